The van der Waals surface area contributed by atoms with Gasteiger partial charge in [-0.25, -0.2) is 4.39 Å². The molecular weight excluding hydrogens is 410 g/mol. The van der Waals surface area contributed by atoms with Crippen LogP contribution in [0.15, 0.2) is 59.9 Å². The SMILES string of the molecule is Fc1ccc(CSc2nnnn2-c2ccc(OC(F)(F)F)cc2)c2ncccc12. The molecule has 2 aromatic carbocycles. The molecule has 0 saturated carbocycles. The molecule has 6 nitrogen and oxygen atoms in total. The maximum Gasteiger partial charge on any atom is 0.573 e. The second kappa shape index (κ2) is 7.66. The van der Waals surface area contributed by atoms with Gasteiger partial charge in [0.1, 0.15) is 11.6 Å². The number of hydrogen-bond donors (Lipinski definition) is 0. The zero-order valence-electron chi connectivity index (χ0n) is 14.5. The molecule has 0 aliphatic heterocycles. The van der Waals surface area contributed by atoms with Crippen LogP contribution in [-0.2, 0) is 5.75 Å². The van der Waals surface area contributed by atoms with Crippen LogP contribution in [0.25, 0.3) is 16.6 Å². The third-order valence-electron chi connectivity index (χ3n) is 3.91. The van der Waals surface area contributed by atoms with Crippen molar-refractivity contribution in [1.29, 1.82) is 0 Å². The molecule has 0 bridgehead atoms. The Morgan fingerprint density at radius 3 is 2.59 bits per heavy atom. The van der Waals surface area contributed by atoms with Crippen LogP contribution in [-0.4, -0.2) is 31.6 Å². The number of hydrogen-bond acceptors (Lipinski definition) is 6. The minimum absolute atomic E-state index is 0.340. The van der Waals surface area contributed by atoms with E-state index >= 15 is 0 Å². The molecule has 0 saturated heterocycles. The fourth-order valence-electron chi connectivity index (χ4n) is 2.68. The molecule has 0 unspecified atom stereocenters. The molecule has 0 N–H and O–H groups in total. The highest BCUT2D eigenvalue weighted by atomic mass is 32.2. The van der Waals surface area contributed by atoms with Crippen molar-refractivity contribution in [3.63, 3.8) is 0 Å². The van der Waals surface area contributed by atoms with Gasteiger partial charge < -0.3 is 4.74 Å². The van der Waals surface area contributed by atoms with E-state index in [1.165, 1.54) is 46.8 Å². The Morgan fingerprint density at radius 1 is 1.03 bits per heavy atom. The second-order valence-electron chi connectivity index (χ2n) is 5.81. The number of tetrazole rings is 1. The second-order valence-corrected chi connectivity index (χ2v) is 6.75. The molecule has 148 valence electrons. The van der Waals surface area contributed by atoms with Gasteiger partial charge in [0.2, 0.25) is 5.16 Å². The molecular formula is C18H11F4N5OS. The van der Waals surface area contributed by atoms with E-state index in [9.17, 15) is 17.6 Å². The minimum Gasteiger partial charge on any atom is -0.406 e. The van der Waals surface area contributed by atoms with Crippen molar-refractivity contribution in [2.75, 3.05) is 0 Å². The summed E-state index contributed by atoms with van der Waals surface area (Å²) in [4.78, 5) is 4.24. The van der Waals surface area contributed by atoms with E-state index in [2.05, 4.69) is 25.2 Å². The first-order valence-corrected chi connectivity index (χ1v) is 9.19. The van der Waals surface area contributed by atoms with Crippen LogP contribution in [0.4, 0.5) is 17.6 Å². The lowest BCUT2D eigenvalue weighted by molar-refractivity contribution is -0.274. The first-order valence-electron chi connectivity index (χ1n) is 8.20. The predicted molar refractivity (Wildman–Crippen MR) is 97.1 cm³/mol. The monoisotopic (exact) mass is 421 g/mol. The summed E-state index contributed by atoms with van der Waals surface area (Å²) in [5.41, 5.74) is 1.82. The molecule has 4 aromatic rings. The van der Waals surface area contributed by atoms with Crippen LogP contribution in [0, 0.1) is 5.82 Å². The molecule has 4 rings (SSSR count). The Kier molecular flexibility index (Phi) is 5.05. The van der Waals surface area contributed by atoms with E-state index in [1.54, 1.807) is 24.4 Å². The van der Waals surface area contributed by atoms with Crippen molar-refractivity contribution in [1.82, 2.24) is 25.2 Å². The molecule has 0 radical (unpaired) electrons. The first-order chi connectivity index (χ1) is 13.9. The number of halogens is 4. The number of pyridine rings is 1. The van der Waals surface area contributed by atoms with Crippen molar-refractivity contribution in [2.24, 2.45) is 0 Å². The Labute approximate surface area is 165 Å². The summed E-state index contributed by atoms with van der Waals surface area (Å²) in [7, 11) is 0. The topological polar surface area (TPSA) is 65.7 Å². The highest BCUT2D eigenvalue weighted by Crippen LogP contribution is 2.28. The summed E-state index contributed by atoms with van der Waals surface area (Å²) in [5, 5.41) is 12.3. The van der Waals surface area contributed by atoms with Gasteiger partial charge in [0.15, 0.2) is 0 Å². The zero-order valence-corrected chi connectivity index (χ0v) is 15.3. The van der Waals surface area contributed by atoms with Crippen molar-refractivity contribution < 1.29 is 22.3 Å². The maximum absolute atomic E-state index is 13.9. The summed E-state index contributed by atoms with van der Waals surface area (Å²) in [6, 6.07) is 11.5. The normalized spacial score (nSPS) is 11.7. The molecule has 0 spiro atoms. The highest BCUT2D eigenvalue weighted by Gasteiger charge is 2.31. The molecule has 0 amide bonds. The summed E-state index contributed by atoms with van der Waals surface area (Å²) in [5.74, 6) is -0.274. The smallest absolute Gasteiger partial charge is 0.406 e. The molecule has 0 aliphatic carbocycles. The first kappa shape index (κ1) is 19.1. The highest BCUT2D eigenvalue weighted by molar-refractivity contribution is 7.98. The van der Waals surface area contributed by atoms with Crippen LogP contribution in [0.3, 0.4) is 0 Å². The predicted octanol–water partition coefficient (Wildman–Crippen LogP) is 4.54. The van der Waals surface area contributed by atoms with E-state index in [0.29, 0.717) is 27.5 Å². The summed E-state index contributed by atoms with van der Waals surface area (Å²) in [6.07, 6.45) is -3.17. The van der Waals surface area contributed by atoms with E-state index in [4.69, 9.17) is 0 Å². The number of nitrogens with zero attached hydrogens (tertiary/aromatic N) is 5. The average molecular weight is 421 g/mol. The van der Waals surface area contributed by atoms with Gasteiger partial charge in [0, 0.05) is 17.3 Å². The molecule has 0 aliphatic rings. The Balaban J connectivity index is 1.54. The fraction of sp³-hybridized carbons (Fsp3) is 0.111. The van der Waals surface area contributed by atoms with Crippen LogP contribution in [0.1, 0.15) is 5.56 Å². The van der Waals surface area contributed by atoms with Crippen molar-refractivity contribution in [3.05, 3.63) is 66.1 Å². The third-order valence-corrected chi connectivity index (χ3v) is 4.88. The standard InChI is InChI=1S/C18H11F4N5OS/c19-15-8-3-11(16-14(15)2-1-9-23-16)10-29-17-24-25-26-27(17)12-4-6-13(7-5-12)28-18(20,21)22/h1-9H,10H2. The lowest BCUT2D eigenvalue weighted by Gasteiger charge is -2.10. The number of fused-ring (bicyclic) bond motifs is 1. The number of ether oxygens (including phenoxy) is 1. The number of alkyl halides is 3. The number of thioether (sulfide) groups is 1. The zero-order chi connectivity index (χ0) is 20.4. The van der Waals surface area contributed by atoms with Gasteiger partial charge in [-0.3, -0.25) is 4.98 Å². The number of rotatable bonds is 5. The fourth-order valence-corrected chi connectivity index (χ4v) is 3.55. The number of aromatic nitrogens is 5. The quantitative estimate of drug-likeness (QED) is 0.348. The Bertz CT molecular complexity index is 1150. The Hall–Kier alpha value is -3.21. The van der Waals surface area contributed by atoms with E-state index in [-0.39, 0.29) is 11.6 Å². The van der Waals surface area contributed by atoms with Crippen molar-refractivity contribution in [2.45, 2.75) is 17.3 Å². The van der Waals surface area contributed by atoms with Crippen molar-refractivity contribution in [3.8, 4) is 11.4 Å². The molecule has 11 heteroatoms. The Morgan fingerprint density at radius 2 is 1.83 bits per heavy atom. The maximum atomic E-state index is 13.9. The molecule has 0 atom stereocenters. The van der Waals surface area contributed by atoms with Crippen LogP contribution >= 0.6 is 11.8 Å². The van der Waals surface area contributed by atoms with Gasteiger partial charge in [0.25, 0.3) is 0 Å². The summed E-state index contributed by atoms with van der Waals surface area (Å²) in [6.45, 7) is 0. The van der Waals surface area contributed by atoms with Gasteiger partial charge in [-0.05, 0) is 58.5 Å². The van der Waals surface area contributed by atoms with E-state index in [0.717, 1.165) is 5.56 Å². The summed E-state index contributed by atoms with van der Waals surface area (Å²) >= 11 is 1.29. The van der Waals surface area contributed by atoms with E-state index in [1.807, 2.05) is 0 Å². The molecule has 0 fully saturated rings. The van der Waals surface area contributed by atoms with Crippen molar-refractivity contribution >= 4 is 22.7 Å². The van der Waals surface area contributed by atoms with Gasteiger partial charge in [-0.1, -0.05) is 17.8 Å². The van der Waals surface area contributed by atoms with Crippen LogP contribution < -0.4 is 4.74 Å². The average Bonchev–Trinajstić information content (AvgIpc) is 3.16. The van der Waals surface area contributed by atoms with E-state index < -0.39 is 6.36 Å². The van der Waals surface area contributed by atoms with Crippen LogP contribution in [0.5, 0.6) is 5.75 Å². The van der Waals surface area contributed by atoms with Gasteiger partial charge >= 0.3 is 6.36 Å². The lowest BCUT2D eigenvalue weighted by atomic mass is 10.1. The van der Waals surface area contributed by atoms with Gasteiger partial charge in [-0.15, -0.1) is 18.3 Å². The lowest BCUT2D eigenvalue weighted by Crippen LogP contribution is -2.17. The third kappa shape index (κ3) is 4.29. The number of benzene rings is 2. The van der Waals surface area contributed by atoms with Gasteiger partial charge in [0.05, 0.1) is 11.2 Å². The van der Waals surface area contributed by atoms with Gasteiger partial charge in [-0.2, -0.15) is 4.68 Å². The molecule has 2 heterocycles. The summed E-state index contributed by atoms with van der Waals surface area (Å²) < 4.78 is 56.0. The molecule has 29 heavy (non-hydrogen) atoms. The van der Waals surface area contributed by atoms with Crippen LogP contribution in [0.2, 0.25) is 0 Å². The molecule has 2 aromatic heterocycles. The largest absolute Gasteiger partial charge is 0.573 e. The minimum atomic E-state index is -4.76.